The Morgan fingerprint density at radius 1 is 0.737 bits per heavy atom. The zero-order valence-corrected chi connectivity index (χ0v) is 34.8. The van der Waals surface area contributed by atoms with Crippen LogP contribution in [0.2, 0.25) is 0 Å². The monoisotopic (exact) mass is 921 g/mol. The van der Waals surface area contributed by atoms with Crippen LogP contribution in [0.1, 0.15) is 81.7 Å². The summed E-state index contributed by atoms with van der Waals surface area (Å²) < 4.78 is 14.9. The van der Waals surface area contributed by atoms with Crippen molar-refractivity contribution in [2.45, 2.75) is 59.3 Å². The topological polar surface area (TPSA) is 85.1 Å². The van der Waals surface area contributed by atoms with Gasteiger partial charge in [0, 0.05) is 59.9 Å². The Kier molecular flexibility index (Phi) is 9.66. The minimum atomic E-state index is 0. The fourth-order valence-corrected chi connectivity index (χ4v) is 7.84. The van der Waals surface area contributed by atoms with E-state index in [2.05, 4.69) is 119 Å². The van der Waals surface area contributed by atoms with E-state index in [0.717, 1.165) is 83.1 Å². The maximum Gasteiger partial charge on any atom is 0.161 e. The van der Waals surface area contributed by atoms with Crippen molar-refractivity contribution >= 4 is 49.7 Å². The van der Waals surface area contributed by atoms with E-state index in [4.69, 9.17) is 25.4 Å². The summed E-state index contributed by atoms with van der Waals surface area (Å²) in [6.07, 6.45) is 3.65. The van der Waals surface area contributed by atoms with Gasteiger partial charge in [0.1, 0.15) is 39.7 Å². The van der Waals surface area contributed by atoms with Gasteiger partial charge in [0.25, 0.3) is 0 Å². The number of nitrogens with zero attached hydrogens (tertiary/aromatic N) is 5. The van der Waals surface area contributed by atoms with Gasteiger partial charge >= 0.3 is 0 Å². The molecule has 281 valence electrons. The Bertz CT molecular complexity index is 3080. The maximum absolute atomic E-state index is 9.95. The molecule has 1 radical (unpaired) electrons. The molecule has 9 rings (SSSR count). The minimum Gasteiger partial charge on any atom is -0.456 e. The van der Waals surface area contributed by atoms with Crippen molar-refractivity contribution in [1.29, 1.82) is 5.26 Å². The molecule has 0 unspecified atom stereocenters. The number of pyridine rings is 1. The van der Waals surface area contributed by atoms with Gasteiger partial charge in [0.15, 0.2) is 5.58 Å². The van der Waals surface area contributed by atoms with Gasteiger partial charge in [-0.05, 0) is 106 Å². The van der Waals surface area contributed by atoms with Crippen LogP contribution in [0.25, 0.3) is 88.2 Å². The van der Waals surface area contributed by atoms with Crippen LogP contribution in [0.5, 0.6) is 0 Å². The van der Waals surface area contributed by atoms with E-state index in [0.29, 0.717) is 28.7 Å². The quantitative estimate of drug-likeness (QED) is 0.149. The number of imidazole rings is 1. The third kappa shape index (κ3) is 6.42. The molecule has 0 amide bonds. The van der Waals surface area contributed by atoms with Crippen molar-refractivity contribution in [3.05, 3.63) is 143 Å². The molecule has 57 heavy (non-hydrogen) atoms. The molecular formula is C49H38IrN5O2-. The van der Waals surface area contributed by atoms with Crippen molar-refractivity contribution < 1.29 is 28.9 Å². The molecule has 4 heterocycles. The molecular weight excluding hydrogens is 883 g/mol. The van der Waals surface area contributed by atoms with Gasteiger partial charge in [-0.3, -0.25) is 14.8 Å². The van der Waals surface area contributed by atoms with E-state index in [9.17, 15) is 5.26 Å². The van der Waals surface area contributed by atoms with Crippen molar-refractivity contribution in [3.63, 3.8) is 0 Å². The molecule has 0 aliphatic rings. The largest absolute Gasteiger partial charge is 0.456 e. The average molecular weight is 921 g/mol. The molecule has 5 aromatic carbocycles. The molecule has 0 saturated heterocycles. The summed E-state index contributed by atoms with van der Waals surface area (Å²) in [6.45, 7) is 20.7. The molecule has 0 aliphatic carbocycles. The molecule has 0 saturated carbocycles. The number of nitriles is 1. The Morgan fingerprint density at radius 2 is 1.39 bits per heavy atom. The molecule has 0 fully saturated rings. The number of rotatable bonds is 7. The van der Waals surface area contributed by atoms with Crippen LogP contribution in [0.4, 0.5) is 5.69 Å². The summed E-state index contributed by atoms with van der Waals surface area (Å²) in [7, 11) is 0. The standard InChI is InChI=1S/C49H38N5O2.Ir/c1-27(2)30-11-14-43-40(20-30)41-21-31(12-15-44(41)55-43)32-13-16-45-42(22-32)46-48(56-45)37(17-18-52-46)34-23-38(28(3)4)47(39(24-34)29(5)6)54-26-36(25-50)53-49(54)33-9-8-10-35(19-33)51-7;/h8,10-24,26-29H,1-6H3;/q-1;. The molecule has 0 aliphatic heterocycles. The van der Waals surface area contributed by atoms with Crippen LogP contribution in [-0.4, -0.2) is 14.5 Å². The van der Waals surface area contributed by atoms with Gasteiger partial charge in [-0.25, -0.2) is 0 Å². The van der Waals surface area contributed by atoms with Crippen LogP contribution in [0, 0.1) is 24.0 Å². The zero-order chi connectivity index (χ0) is 38.8. The van der Waals surface area contributed by atoms with Gasteiger partial charge in [-0.1, -0.05) is 59.7 Å². The van der Waals surface area contributed by atoms with Crippen molar-refractivity contribution in [1.82, 2.24) is 14.5 Å². The van der Waals surface area contributed by atoms with Gasteiger partial charge in [0.2, 0.25) is 0 Å². The predicted octanol–water partition coefficient (Wildman–Crippen LogP) is 13.7. The van der Waals surface area contributed by atoms with Gasteiger partial charge < -0.3 is 13.4 Å². The fourth-order valence-electron chi connectivity index (χ4n) is 7.84. The first-order chi connectivity index (χ1) is 27.1. The van der Waals surface area contributed by atoms with Crippen molar-refractivity contribution in [2.75, 3.05) is 0 Å². The summed E-state index contributed by atoms with van der Waals surface area (Å²) >= 11 is 0. The number of benzene rings is 5. The predicted molar refractivity (Wildman–Crippen MR) is 224 cm³/mol. The molecule has 0 spiro atoms. The number of furan rings is 2. The van der Waals surface area contributed by atoms with Crippen LogP contribution in [-0.2, 0) is 20.1 Å². The van der Waals surface area contributed by atoms with Crippen LogP contribution in [0.3, 0.4) is 0 Å². The molecule has 0 atom stereocenters. The Morgan fingerprint density at radius 3 is 2.04 bits per heavy atom. The zero-order valence-electron chi connectivity index (χ0n) is 32.4. The van der Waals surface area contributed by atoms with E-state index in [-0.39, 0.29) is 31.9 Å². The summed E-state index contributed by atoms with van der Waals surface area (Å²) in [5, 5.41) is 13.1. The third-order valence-electron chi connectivity index (χ3n) is 10.8. The van der Waals surface area contributed by atoms with Gasteiger partial charge in [-0.2, -0.15) is 11.3 Å². The number of fused-ring (bicyclic) bond motifs is 6. The van der Waals surface area contributed by atoms with Gasteiger partial charge in [0.05, 0.1) is 12.4 Å². The number of hydrogen-bond acceptors (Lipinski definition) is 5. The fraction of sp³-hybridized carbons (Fsp3) is 0.184. The normalized spacial score (nSPS) is 11.6. The molecule has 4 aromatic heterocycles. The van der Waals surface area contributed by atoms with Crippen LogP contribution in [0.15, 0.2) is 112 Å². The SMILES string of the molecule is [C-]#[N+]c1cc[c-]c(-c2nc(C#N)cn2-c2c(C(C)C)cc(-c3ccnc4c3oc3ccc(-c5ccc6oc7ccc(C(C)C)cc7c6c5)cc34)cc2C(C)C)c1.[Ir]. The van der Waals surface area contributed by atoms with Crippen molar-refractivity contribution in [3.8, 4) is 45.4 Å². The van der Waals surface area contributed by atoms with Gasteiger partial charge in [-0.15, -0.1) is 23.8 Å². The first kappa shape index (κ1) is 37.6. The first-order valence-corrected chi connectivity index (χ1v) is 19.0. The van der Waals surface area contributed by atoms with E-state index in [1.54, 1.807) is 24.4 Å². The Hall–Kier alpha value is -6.31. The smallest absolute Gasteiger partial charge is 0.161 e. The second kappa shape index (κ2) is 14.6. The second-order valence-corrected chi connectivity index (χ2v) is 15.4. The molecule has 0 bridgehead atoms. The summed E-state index contributed by atoms with van der Waals surface area (Å²) in [5.41, 5.74) is 14.1. The van der Waals surface area contributed by atoms with E-state index in [1.807, 2.05) is 22.9 Å². The molecule has 0 N–H and O–H groups in total. The van der Waals surface area contributed by atoms with Crippen LogP contribution >= 0.6 is 0 Å². The maximum atomic E-state index is 9.95. The van der Waals surface area contributed by atoms with E-state index < -0.39 is 0 Å². The third-order valence-corrected chi connectivity index (χ3v) is 10.8. The minimum absolute atomic E-state index is 0. The van der Waals surface area contributed by atoms with E-state index >= 15 is 0 Å². The Balaban J connectivity index is 0.00000455. The summed E-state index contributed by atoms with van der Waals surface area (Å²) in [4.78, 5) is 13.2. The molecule has 8 heteroatoms. The van der Waals surface area contributed by atoms with Crippen LogP contribution < -0.4 is 0 Å². The first-order valence-electron chi connectivity index (χ1n) is 19.0. The van der Waals surface area contributed by atoms with Crippen molar-refractivity contribution in [2.24, 2.45) is 0 Å². The second-order valence-electron chi connectivity index (χ2n) is 15.4. The number of hydrogen-bond donors (Lipinski definition) is 0. The van der Waals surface area contributed by atoms with E-state index in [1.165, 1.54) is 5.56 Å². The number of aromatic nitrogens is 3. The summed E-state index contributed by atoms with van der Waals surface area (Å²) in [5.74, 6) is 1.25. The Labute approximate surface area is 344 Å². The average Bonchev–Trinajstić information content (AvgIpc) is 3.93. The summed E-state index contributed by atoms with van der Waals surface area (Å²) in [6, 6.07) is 36.4. The molecule has 7 nitrogen and oxygen atoms in total. The molecule has 9 aromatic rings.